The molecular formula is C10H20N2OS. The van der Waals surface area contributed by atoms with Crippen LogP contribution in [0.3, 0.4) is 0 Å². The average molecular weight is 216 g/mol. The second kappa shape index (κ2) is 7.10. The third-order valence-corrected chi connectivity index (χ3v) is 3.39. The van der Waals surface area contributed by atoms with Crippen LogP contribution in [-0.4, -0.2) is 34.8 Å². The first-order valence-electron chi connectivity index (χ1n) is 4.96. The summed E-state index contributed by atoms with van der Waals surface area (Å²) in [4.78, 5) is 0. The van der Waals surface area contributed by atoms with Crippen LogP contribution >= 0.6 is 11.8 Å². The number of nitrogens with one attached hydrogen (secondary N) is 1. The molecule has 0 aromatic rings. The molecule has 0 aliphatic heterocycles. The molecule has 0 aromatic heterocycles. The molecule has 0 heterocycles. The lowest BCUT2D eigenvalue weighted by molar-refractivity contribution is 0.300. The molecule has 0 bridgehead atoms. The summed E-state index contributed by atoms with van der Waals surface area (Å²) in [5.74, 6) is 0.714. The Morgan fingerprint density at radius 3 is 2.71 bits per heavy atom. The molecule has 2 N–H and O–H groups in total. The standard InChI is InChI=1S/C10H20N2OS/c1-4-5-12-10(3,7-11)8-14-9(2)6-13/h9,12-13H,4-6,8H2,1-3H3. The highest BCUT2D eigenvalue weighted by atomic mass is 32.2. The Balaban J connectivity index is 3.94. The summed E-state index contributed by atoms with van der Waals surface area (Å²) in [6, 6.07) is 2.28. The van der Waals surface area contributed by atoms with E-state index in [1.807, 2.05) is 13.8 Å². The zero-order valence-corrected chi connectivity index (χ0v) is 10.0. The molecule has 14 heavy (non-hydrogen) atoms. The van der Waals surface area contributed by atoms with Crippen LogP contribution in [0.4, 0.5) is 0 Å². The number of hydrogen-bond donors (Lipinski definition) is 2. The molecule has 82 valence electrons. The van der Waals surface area contributed by atoms with Gasteiger partial charge in [0.25, 0.3) is 0 Å². The van der Waals surface area contributed by atoms with E-state index in [-0.39, 0.29) is 11.9 Å². The minimum Gasteiger partial charge on any atom is -0.395 e. The van der Waals surface area contributed by atoms with Gasteiger partial charge in [-0.3, -0.25) is 5.32 Å². The summed E-state index contributed by atoms with van der Waals surface area (Å²) in [6.07, 6.45) is 1.03. The first kappa shape index (κ1) is 13.8. The van der Waals surface area contributed by atoms with Crippen molar-refractivity contribution in [2.24, 2.45) is 0 Å². The van der Waals surface area contributed by atoms with Gasteiger partial charge in [-0.25, -0.2) is 0 Å². The van der Waals surface area contributed by atoms with E-state index in [2.05, 4.69) is 18.3 Å². The summed E-state index contributed by atoms with van der Waals surface area (Å²) in [6.45, 7) is 6.97. The van der Waals surface area contributed by atoms with Crippen LogP contribution in [-0.2, 0) is 0 Å². The molecule has 3 nitrogen and oxygen atoms in total. The SMILES string of the molecule is CCCNC(C)(C#N)CSC(C)CO. The molecule has 0 amide bonds. The van der Waals surface area contributed by atoms with Gasteiger partial charge in [-0.05, 0) is 19.9 Å². The fourth-order valence-corrected chi connectivity index (χ4v) is 1.78. The summed E-state index contributed by atoms with van der Waals surface area (Å²) in [7, 11) is 0. The maximum atomic E-state index is 9.01. The van der Waals surface area contributed by atoms with Crippen molar-refractivity contribution in [3.05, 3.63) is 0 Å². The van der Waals surface area contributed by atoms with Crippen LogP contribution in [0.2, 0.25) is 0 Å². The molecule has 0 aliphatic rings. The van der Waals surface area contributed by atoms with Crippen LogP contribution in [0.25, 0.3) is 0 Å². The van der Waals surface area contributed by atoms with Gasteiger partial charge in [0.1, 0.15) is 5.54 Å². The lowest BCUT2D eigenvalue weighted by Gasteiger charge is -2.23. The highest BCUT2D eigenvalue weighted by molar-refractivity contribution is 8.00. The van der Waals surface area contributed by atoms with Crippen molar-refractivity contribution in [2.75, 3.05) is 18.9 Å². The van der Waals surface area contributed by atoms with Gasteiger partial charge in [-0.15, -0.1) is 0 Å². The Hall–Kier alpha value is -0.240. The number of nitriles is 1. The summed E-state index contributed by atoms with van der Waals surface area (Å²) in [5, 5.41) is 21.3. The smallest absolute Gasteiger partial charge is 0.113 e. The molecule has 0 saturated carbocycles. The molecule has 0 fully saturated rings. The maximum Gasteiger partial charge on any atom is 0.113 e. The van der Waals surface area contributed by atoms with Crippen molar-refractivity contribution < 1.29 is 5.11 Å². The zero-order chi connectivity index (χ0) is 11.0. The number of rotatable bonds is 7. The van der Waals surface area contributed by atoms with Crippen molar-refractivity contribution >= 4 is 11.8 Å². The van der Waals surface area contributed by atoms with Gasteiger partial charge in [0.15, 0.2) is 0 Å². The Morgan fingerprint density at radius 1 is 1.64 bits per heavy atom. The molecule has 0 aliphatic carbocycles. The minimum absolute atomic E-state index is 0.167. The minimum atomic E-state index is -0.468. The van der Waals surface area contributed by atoms with Gasteiger partial charge in [-0.2, -0.15) is 17.0 Å². The van der Waals surface area contributed by atoms with Crippen molar-refractivity contribution in [1.82, 2.24) is 5.32 Å². The topological polar surface area (TPSA) is 56.0 Å². The van der Waals surface area contributed by atoms with Crippen molar-refractivity contribution in [3.8, 4) is 6.07 Å². The van der Waals surface area contributed by atoms with Gasteiger partial charge < -0.3 is 5.11 Å². The summed E-state index contributed by atoms with van der Waals surface area (Å²) >= 11 is 1.62. The van der Waals surface area contributed by atoms with E-state index >= 15 is 0 Å². The van der Waals surface area contributed by atoms with Gasteiger partial charge >= 0.3 is 0 Å². The highest BCUT2D eigenvalue weighted by Gasteiger charge is 2.23. The van der Waals surface area contributed by atoms with E-state index in [0.29, 0.717) is 5.75 Å². The molecule has 0 rings (SSSR count). The Labute approximate surface area is 90.9 Å². The van der Waals surface area contributed by atoms with Crippen LogP contribution < -0.4 is 5.32 Å². The largest absolute Gasteiger partial charge is 0.395 e. The molecule has 4 heteroatoms. The van der Waals surface area contributed by atoms with Crippen LogP contribution in [0.1, 0.15) is 27.2 Å². The van der Waals surface area contributed by atoms with Crippen LogP contribution in [0.5, 0.6) is 0 Å². The lowest BCUT2D eigenvalue weighted by Crippen LogP contribution is -2.44. The van der Waals surface area contributed by atoms with Crippen molar-refractivity contribution in [1.29, 1.82) is 5.26 Å². The lowest BCUT2D eigenvalue weighted by atomic mass is 10.1. The Morgan fingerprint density at radius 2 is 2.29 bits per heavy atom. The second-order valence-corrected chi connectivity index (χ2v) is 5.10. The third kappa shape index (κ3) is 5.48. The molecule has 0 aromatic carbocycles. The summed E-state index contributed by atoms with van der Waals surface area (Å²) < 4.78 is 0. The van der Waals surface area contributed by atoms with E-state index in [4.69, 9.17) is 10.4 Å². The molecule has 0 radical (unpaired) electrons. The zero-order valence-electron chi connectivity index (χ0n) is 9.21. The first-order chi connectivity index (χ1) is 6.58. The molecule has 0 saturated heterocycles. The molecule has 2 atom stereocenters. The molecule has 0 spiro atoms. The normalized spacial score (nSPS) is 17.1. The maximum absolute atomic E-state index is 9.01. The number of thioether (sulfide) groups is 1. The fourth-order valence-electron chi connectivity index (χ4n) is 0.885. The fraction of sp³-hybridized carbons (Fsp3) is 0.900. The van der Waals surface area contributed by atoms with E-state index in [9.17, 15) is 0 Å². The predicted octanol–water partition coefficient (Wildman–Crippen LogP) is 1.38. The monoisotopic (exact) mass is 216 g/mol. The van der Waals surface area contributed by atoms with Crippen LogP contribution in [0, 0.1) is 11.3 Å². The van der Waals surface area contributed by atoms with Gasteiger partial charge in [-0.1, -0.05) is 13.8 Å². The molecule has 2 unspecified atom stereocenters. The number of hydrogen-bond acceptors (Lipinski definition) is 4. The summed E-state index contributed by atoms with van der Waals surface area (Å²) in [5.41, 5.74) is -0.468. The van der Waals surface area contributed by atoms with Crippen molar-refractivity contribution in [3.63, 3.8) is 0 Å². The van der Waals surface area contributed by atoms with Crippen LogP contribution in [0.15, 0.2) is 0 Å². The van der Waals surface area contributed by atoms with Gasteiger partial charge in [0.2, 0.25) is 0 Å². The van der Waals surface area contributed by atoms with E-state index in [1.165, 1.54) is 0 Å². The second-order valence-electron chi connectivity index (χ2n) is 3.67. The Kier molecular flexibility index (Phi) is 6.98. The third-order valence-electron chi connectivity index (χ3n) is 1.93. The predicted molar refractivity (Wildman–Crippen MR) is 61.3 cm³/mol. The van der Waals surface area contributed by atoms with Gasteiger partial charge in [0, 0.05) is 11.0 Å². The average Bonchev–Trinajstić information content (AvgIpc) is 2.23. The van der Waals surface area contributed by atoms with Crippen molar-refractivity contribution in [2.45, 2.75) is 38.0 Å². The van der Waals surface area contributed by atoms with E-state index < -0.39 is 5.54 Å². The quantitative estimate of drug-likeness (QED) is 0.675. The Bertz CT molecular complexity index is 193. The number of aliphatic hydroxyl groups is 1. The number of nitrogens with zero attached hydrogens (tertiary/aromatic N) is 1. The van der Waals surface area contributed by atoms with E-state index in [0.717, 1.165) is 13.0 Å². The molecular weight excluding hydrogens is 196 g/mol. The first-order valence-corrected chi connectivity index (χ1v) is 6.01. The van der Waals surface area contributed by atoms with E-state index in [1.54, 1.807) is 11.8 Å². The number of aliphatic hydroxyl groups excluding tert-OH is 1. The van der Waals surface area contributed by atoms with Gasteiger partial charge in [0.05, 0.1) is 12.7 Å². The highest BCUT2D eigenvalue weighted by Crippen LogP contribution is 2.17.